The van der Waals surface area contributed by atoms with E-state index >= 15 is 0 Å². The highest BCUT2D eigenvalue weighted by atomic mass is 14.8. The zero-order valence-corrected chi connectivity index (χ0v) is 8.75. The van der Waals surface area contributed by atoms with Gasteiger partial charge in [-0.1, -0.05) is 26.0 Å². The first-order chi connectivity index (χ1) is 6.68. The van der Waals surface area contributed by atoms with Gasteiger partial charge in [0.1, 0.15) is 5.82 Å². The summed E-state index contributed by atoms with van der Waals surface area (Å²) in [5, 5.41) is 0. The zero-order chi connectivity index (χ0) is 10.1. The fourth-order valence-corrected chi connectivity index (χ4v) is 1.93. The van der Waals surface area contributed by atoms with Crippen molar-refractivity contribution in [1.82, 2.24) is 4.98 Å². The lowest BCUT2D eigenvalue weighted by atomic mass is 9.92. The molecule has 1 aliphatic rings. The topological polar surface area (TPSA) is 38.9 Å². The van der Waals surface area contributed by atoms with Gasteiger partial charge < -0.3 is 5.73 Å². The first kappa shape index (κ1) is 9.25. The van der Waals surface area contributed by atoms with Crippen LogP contribution in [0.5, 0.6) is 0 Å². The number of aromatic nitrogens is 1. The molecular formula is C12H16N2. The molecule has 2 heteroatoms. The number of hydrogen-bond acceptors (Lipinski definition) is 2. The summed E-state index contributed by atoms with van der Waals surface area (Å²) in [7, 11) is 0. The van der Waals surface area contributed by atoms with Crippen LogP contribution in [0.1, 0.15) is 43.0 Å². The molecule has 2 rings (SSSR count). The summed E-state index contributed by atoms with van der Waals surface area (Å²) in [6.45, 7) is 4.31. The number of anilines is 1. The molecule has 0 radical (unpaired) electrons. The number of pyridine rings is 1. The fraction of sp³-hybridized carbons (Fsp3) is 0.417. The Morgan fingerprint density at radius 2 is 2.21 bits per heavy atom. The Morgan fingerprint density at radius 1 is 1.43 bits per heavy atom. The molecular weight excluding hydrogens is 172 g/mol. The molecule has 0 aromatic carbocycles. The lowest BCUT2D eigenvalue weighted by Gasteiger charge is -2.17. The number of nitrogens with zero attached hydrogens (tertiary/aromatic N) is 1. The van der Waals surface area contributed by atoms with Crippen LogP contribution < -0.4 is 5.73 Å². The molecule has 1 aliphatic carbocycles. The Bertz CT molecular complexity index is 378. The molecule has 0 atom stereocenters. The van der Waals surface area contributed by atoms with Gasteiger partial charge in [-0.15, -0.1) is 0 Å². The highest BCUT2D eigenvalue weighted by Gasteiger charge is 2.13. The van der Waals surface area contributed by atoms with Gasteiger partial charge in [-0.2, -0.15) is 0 Å². The van der Waals surface area contributed by atoms with Crippen molar-refractivity contribution in [3.05, 3.63) is 29.0 Å². The Hall–Kier alpha value is -1.31. The quantitative estimate of drug-likeness (QED) is 0.736. The van der Waals surface area contributed by atoms with Crippen LogP contribution in [0.3, 0.4) is 0 Å². The second kappa shape index (κ2) is 3.45. The maximum Gasteiger partial charge on any atom is 0.123 e. The number of nitrogens with two attached hydrogens (primary N) is 1. The number of aryl methyl sites for hydroxylation is 1. The van der Waals surface area contributed by atoms with E-state index in [-0.39, 0.29) is 0 Å². The van der Waals surface area contributed by atoms with E-state index < -0.39 is 0 Å². The summed E-state index contributed by atoms with van der Waals surface area (Å²) in [5.41, 5.74) is 9.56. The van der Waals surface area contributed by atoms with Gasteiger partial charge in [-0.3, -0.25) is 0 Å². The Kier molecular flexibility index (Phi) is 2.28. The van der Waals surface area contributed by atoms with Crippen LogP contribution in [-0.4, -0.2) is 4.98 Å². The minimum absolute atomic E-state index is 0.440. The molecule has 0 saturated carbocycles. The number of hydrogen-bond donors (Lipinski definition) is 1. The van der Waals surface area contributed by atoms with Crippen LogP contribution in [0, 0.1) is 0 Å². The minimum atomic E-state index is 0.440. The first-order valence-corrected chi connectivity index (χ1v) is 5.14. The predicted octanol–water partition coefficient (Wildman–Crippen LogP) is 2.75. The highest BCUT2D eigenvalue weighted by Crippen LogP contribution is 2.27. The lowest BCUT2D eigenvalue weighted by Crippen LogP contribution is -2.06. The fourth-order valence-electron chi connectivity index (χ4n) is 1.93. The Labute approximate surface area is 84.9 Å². The average Bonchev–Trinajstić information content (AvgIpc) is 2.16. The van der Waals surface area contributed by atoms with E-state index in [0.717, 1.165) is 18.5 Å². The second-order valence-corrected chi connectivity index (χ2v) is 4.10. The third kappa shape index (κ3) is 1.52. The van der Waals surface area contributed by atoms with Crippen molar-refractivity contribution in [2.45, 2.75) is 32.6 Å². The minimum Gasteiger partial charge on any atom is -0.384 e. The molecule has 0 aliphatic heterocycles. The average molecular weight is 188 g/mol. The molecule has 0 amide bonds. The van der Waals surface area contributed by atoms with Gasteiger partial charge in [-0.05, 0) is 36.0 Å². The summed E-state index contributed by atoms with van der Waals surface area (Å²) < 4.78 is 0. The summed E-state index contributed by atoms with van der Waals surface area (Å²) in [6.07, 6.45) is 6.61. The molecule has 2 nitrogen and oxygen atoms in total. The second-order valence-electron chi connectivity index (χ2n) is 4.10. The Balaban J connectivity index is 2.60. The molecule has 0 bridgehead atoms. The van der Waals surface area contributed by atoms with Crippen molar-refractivity contribution in [3.8, 4) is 0 Å². The summed E-state index contributed by atoms with van der Waals surface area (Å²) in [4.78, 5) is 4.41. The number of rotatable bonds is 1. The van der Waals surface area contributed by atoms with Gasteiger partial charge in [-0.25, -0.2) is 4.98 Å². The molecule has 1 aromatic rings. The normalized spacial score (nSPS) is 14.5. The molecule has 0 unspecified atom stereocenters. The molecule has 74 valence electrons. The third-order valence-corrected chi connectivity index (χ3v) is 2.61. The van der Waals surface area contributed by atoms with E-state index in [1.807, 2.05) is 6.07 Å². The van der Waals surface area contributed by atoms with E-state index in [9.17, 15) is 0 Å². The number of allylic oxidation sites excluding steroid dienone is 1. The van der Waals surface area contributed by atoms with E-state index in [1.54, 1.807) is 0 Å². The summed E-state index contributed by atoms with van der Waals surface area (Å²) in [6, 6.07) is 2.00. The van der Waals surface area contributed by atoms with Crippen molar-refractivity contribution in [2.75, 3.05) is 5.73 Å². The summed E-state index contributed by atoms with van der Waals surface area (Å²) >= 11 is 0. The SMILES string of the molecule is CC(C)c1nc(N)cc2c1C=CCC2. The van der Waals surface area contributed by atoms with Gasteiger partial charge >= 0.3 is 0 Å². The van der Waals surface area contributed by atoms with Gasteiger partial charge in [0.2, 0.25) is 0 Å². The van der Waals surface area contributed by atoms with Gasteiger partial charge in [0.25, 0.3) is 0 Å². The van der Waals surface area contributed by atoms with E-state index in [4.69, 9.17) is 5.73 Å². The number of nitrogen functional groups attached to an aromatic ring is 1. The van der Waals surface area contributed by atoms with Gasteiger partial charge in [0, 0.05) is 0 Å². The zero-order valence-electron chi connectivity index (χ0n) is 8.75. The van der Waals surface area contributed by atoms with Crippen LogP contribution >= 0.6 is 0 Å². The molecule has 2 N–H and O–H groups in total. The van der Waals surface area contributed by atoms with Crippen LogP contribution in [0.15, 0.2) is 12.1 Å². The van der Waals surface area contributed by atoms with Crippen molar-refractivity contribution < 1.29 is 0 Å². The van der Waals surface area contributed by atoms with Crippen LogP contribution in [0.2, 0.25) is 0 Å². The molecule has 0 spiro atoms. The maximum absolute atomic E-state index is 5.79. The van der Waals surface area contributed by atoms with Crippen LogP contribution in [-0.2, 0) is 6.42 Å². The smallest absolute Gasteiger partial charge is 0.123 e. The van der Waals surface area contributed by atoms with Gasteiger partial charge in [0.15, 0.2) is 0 Å². The van der Waals surface area contributed by atoms with E-state index in [1.165, 1.54) is 11.1 Å². The molecule has 1 heterocycles. The van der Waals surface area contributed by atoms with Crippen molar-refractivity contribution >= 4 is 11.9 Å². The molecule has 0 saturated heterocycles. The van der Waals surface area contributed by atoms with Crippen LogP contribution in [0.25, 0.3) is 6.08 Å². The molecule has 14 heavy (non-hydrogen) atoms. The third-order valence-electron chi connectivity index (χ3n) is 2.61. The summed E-state index contributed by atoms with van der Waals surface area (Å²) in [5.74, 6) is 1.10. The largest absolute Gasteiger partial charge is 0.384 e. The van der Waals surface area contributed by atoms with Gasteiger partial charge in [0.05, 0.1) is 5.69 Å². The maximum atomic E-state index is 5.79. The van der Waals surface area contributed by atoms with Crippen LogP contribution in [0.4, 0.5) is 5.82 Å². The van der Waals surface area contributed by atoms with Crippen molar-refractivity contribution in [3.63, 3.8) is 0 Å². The highest BCUT2D eigenvalue weighted by molar-refractivity contribution is 5.61. The lowest BCUT2D eigenvalue weighted by molar-refractivity contribution is 0.811. The Morgan fingerprint density at radius 3 is 2.93 bits per heavy atom. The van der Waals surface area contributed by atoms with Crippen molar-refractivity contribution in [1.29, 1.82) is 0 Å². The standard InChI is InChI=1S/C12H16N2/c1-8(2)12-10-6-4-3-5-9(10)7-11(13)14-12/h4,6-8H,3,5H2,1-2H3,(H2,13,14). The predicted molar refractivity (Wildman–Crippen MR) is 60.1 cm³/mol. The molecule has 0 fully saturated rings. The van der Waals surface area contributed by atoms with E-state index in [2.05, 4.69) is 31.0 Å². The molecule has 1 aromatic heterocycles. The van der Waals surface area contributed by atoms with Crippen molar-refractivity contribution in [2.24, 2.45) is 0 Å². The van der Waals surface area contributed by atoms with E-state index in [0.29, 0.717) is 11.7 Å². The first-order valence-electron chi connectivity index (χ1n) is 5.14. The monoisotopic (exact) mass is 188 g/mol. The number of fused-ring (bicyclic) bond motifs is 1.